The number of hydrogen-bond acceptors (Lipinski definition) is 0. The highest BCUT2D eigenvalue weighted by atomic mass is 127. The summed E-state index contributed by atoms with van der Waals surface area (Å²) in [4.78, 5) is 0. The van der Waals surface area contributed by atoms with E-state index in [0.29, 0.717) is 9.84 Å². The van der Waals surface area contributed by atoms with Crippen molar-refractivity contribution in [3.8, 4) is 11.1 Å². The van der Waals surface area contributed by atoms with Gasteiger partial charge in [0.15, 0.2) is 0 Å². The third-order valence-electron chi connectivity index (χ3n) is 6.19. The van der Waals surface area contributed by atoms with Crippen LogP contribution in [0.15, 0.2) is 72.3 Å². The van der Waals surface area contributed by atoms with Crippen molar-refractivity contribution in [2.75, 3.05) is 0 Å². The molecule has 27 heavy (non-hydrogen) atoms. The van der Waals surface area contributed by atoms with Gasteiger partial charge in [0.2, 0.25) is 0 Å². The summed E-state index contributed by atoms with van der Waals surface area (Å²) >= 11 is 2.57. The van der Waals surface area contributed by atoms with Crippen LogP contribution in [0.25, 0.3) is 16.7 Å². The van der Waals surface area contributed by atoms with Crippen LogP contribution < -0.4 is 0 Å². The molecule has 0 aromatic heterocycles. The summed E-state index contributed by atoms with van der Waals surface area (Å²) in [5, 5.41) is 0. The molecular formula is C26H27I. The fourth-order valence-electron chi connectivity index (χ4n) is 4.59. The Morgan fingerprint density at radius 2 is 1.78 bits per heavy atom. The van der Waals surface area contributed by atoms with Crippen LogP contribution in [0.3, 0.4) is 0 Å². The van der Waals surface area contributed by atoms with Gasteiger partial charge in [0.25, 0.3) is 0 Å². The number of hydrogen-bond donors (Lipinski definition) is 0. The fourth-order valence-corrected chi connectivity index (χ4v) is 5.57. The first-order chi connectivity index (χ1) is 12.9. The molecule has 0 nitrogen and oxygen atoms in total. The zero-order valence-electron chi connectivity index (χ0n) is 16.6. The topological polar surface area (TPSA) is 0 Å². The summed E-state index contributed by atoms with van der Waals surface area (Å²) in [7, 11) is 0. The third kappa shape index (κ3) is 3.04. The first-order valence-corrected chi connectivity index (χ1v) is 11.1. The average Bonchev–Trinajstić information content (AvgIpc) is 2.89. The predicted molar refractivity (Wildman–Crippen MR) is 126 cm³/mol. The Morgan fingerprint density at radius 1 is 1.04 bits per heavy atom. The van der Waals surface area contributed by atoms with Gasteiger partial charge < -0.3 is 0 Å². The molecule has 0 saturated carbocycles. The van der Waals surface area contributed by atoms with Crippen molar-refractivity contribution >= 4 is 28.2 Å². The van der Waals surface area contributed by atoms with Crippen molar-refractivity contribution in [2.45, 2.75) is 43.5 Å². The molecule has 2 aliphatic carbocycles. The van der Waals surface area contributed by atoms with Crippen LogP contribution in [0.1, 0.15) is 50.8 Å². The smallest absolute Gasteiger partial charge is 0.0393 e. The zero-order valence-corrected chi connectivity index (χ0v) is 18.7. The number of fused-ring (bicyclic) bond motifs is 3. The minimum Gasteiger partial charge on any atom is -0.0882 e. The predicted octanol–water partition coefficient (Wildman–Crippen LogP) is 7.72. The first kappa shape index (κ1) is 18.7. The molecule has 0 bridgehead atoms. The Hall–Kier alpha value is -1.61. The van der Waals surface area contributed by atoms with Crippen LogP contribution in [0.5, 0.6) is 0 Å². The van der Waals surface area contributed by atoms with Gasteiger partial charge in [-0.2, -0.15) is 0 Å². The lowest BCUT2D eigenvalue weighted by molar-refractivity contribution is 0.660. The van der Waals surface area contributed by atoms with E-state index in [1.54, 1.807) is 0 Å². The number of allylic oxidation sites excluding steroid dienone is 6. The highest BCUT2D eigenvalue weighted by Crippen LogP contribution is 2.49. The maximum absolute atomic E-state index is 2.57. The molecule has 0 spiro atoms. The highest BCUT2D eigenvalue weighted by molar-refractivity contribution is 14.1. The molecule has 0 heterocycles. The van der Waals surface area contributed by atoms with E-state index in [2.05, 4.69) is 117 Å². The van der Waals surface area contributed by atoms with E-state index in [1.165, 1.54) is 39.0 Å². The first-order valence-electron chi connectivity index (χ1n) is 9.89. The summed E-state index contributed by atoms with van der Waals surface area (Å²) in [6.45, 7) is 9.22. The van der Waals surface area contributed by atoms with Crippen LogP contribution >= 0.6 is 22.6 Å². The molecule has 0 aliphatic heterocycles. The molecule has 1 heteroatoms. The second-order valence-corrected chi connectivity index (χ2v) is 9.63. The van der Waals surface area contributed by atoms with E-state index >= 15 is 0 Å². The highest BCUT2D eigenvalue weighted by Gasteiger charge is 2.35. The summed E-state index contributed by atoms with van der Waals surface area (Å²) in [6, 6.07) is 15.9. The molecule has 138 valence electrons. The molecule has 0 N–H and O–H groups in total. The molecule has 0 amide bonds. The normalized spacial score (nSPS) is 23.0. The summed E-state index contributed by atoms with van der Waals surface area (Å²) < 4.78 is 0.532. The van der Waals surface area contributed by atoms with E-state index in [1.807, 2.05) is 0 Å². The van der Waals surface area contributed by atoms with Crippen LogP contribution in [0.4, 0.5) is 0 Å². The van der Waals surface area contributed by atoms with Crippen molar-refractivity contribution in [3.63, 3.8) is 0 Å². The van der Waals surface area contributed by atoms with Gasteiger partial charge in [-0.05, 0) is 52.8 Å². The lowest BCUT2D eigenvalue weighted by Crippen LogP contribution is -2.17. The number of benzene rings is 2. The molecule has 4 rings (SSSR count). The Bertz CT molecular complexity index is 971. The summed E-state index contributed by atoms with van der Waals surface area (Å²) in [5.74, 6) is 0.490. The lowest BCUT2D eigenvalue weighted by Gasteiger charge is -2.26. The van der Waals surface area contributed by atoms with E-state index in [9.17, 15) is 0 Å². The van der Waals surface area contributed by atoms with Gasteiger partial charge in [-0.1, -0.05) is 110 Å². The Kier molecular flexibility index (Phi) is 4.92. The minimum atomic E-state index is 0.0576. The van der Waals surface area contributed by atoms with Gasteiger partial charge in [-0.15, -0.1) is 0 Å². The summed E-state index contributed by atoms with van der Waals surface area (Å²) in [5.41, 5.74) is 9.96. The average molecular weight is 466 g/mol. The molecule has 2 aliphatic rings. The van der Waals surface area contributed by atoms with E-state index in [0.717, 1.165) is 6.42 Å². The Labute approximate surface area is 177 Å². The van der Waals surface area contributed by atoms with Crippen molar-refractivity contribution in [1.82, 2.24) is 0 Å². The van der Waals surface area contributed by atoms with Gasteiger partial charge >= 0.3 is 0 Å². The minimum absolute atomic E-state index is 0.0576. The third-order valence-corrected chi connectivity index (χ3v) is 7.38. The van der Waals surface area contributed by atoms with Gasteiger partial charge in [0.05, 0.1) is 0 Å². The molecule has 0 fully saturated rings. The number of halogens is 1. The second kappa shape index (κ2) is 7.09. The monoisotopic (exact) mass is 466 g/mol. The van der Waals surface area contributed by atoms with Gasteiger partial charge in [0, 0.05) is 15.3 Å². The largest absolute Gasteiger partial charge is 0.0882 e. The molecule has 2 atom stereocenters. The summed E-state index contributed by atoms with van der Waals surface area (Å²) in [6.07, 6.45) is 10.5. The maximum atomic E-state index is 2.57. The van der Waals surface area contributed by atoms with Crippen molar-refractivity contribution < 1.29 is 0 Å². The standard InChI is InChI=1S/C26H27I/c1-5-6-9-20-17(2)19(14-15-25(20)27)18-12-13-22-21-10-7-8-11-23(21)26(3,4)24(22)16-18/h6-16,20,25H,5H2,1-4H3/b9-6-/t20?,25-/m0/s1. The molecule has 2 aromatic rings. The van der Waals surface area contributed by atoms with Gasteiger partial charge in [-0.25, -0.2) is 0 Å². The quantitative estimate of drug-likeness (QED) is 0.247. The Balaban J connectivity index is 1.82. The Morgan fingerprint density at radius 3 is 2.56 bits per heavy atom. The zero-order chi connectivity index (χ0) is 19.2. The van der Waals surface area contributed by atoms with E-state index in [4.69, 9.17) is 0 Å². The molecular weight excluding hydrogens is 439 g/mol. The van der Waals surface area contributed by atoms with Crippen LogP contribution in [0, 0.1) is 5.92 Å². The molecule has 0 saturated heterocycles. The number of alkyl halides is 1. The molecule has 2 aromatic carbocycles. The lowest BCUT2D eigenvalue weighted by atomic mass is 9.80. The molecule has 1 unspecified atom stereocenters. The van der Waals surface area contributed by atoms with Crippen LogP contribution in [-0.4, -0.2) is 3.92 Å². The van der Waals surface area contributed by atoms with E-state index in [-0.39, 0.29) is 5.41 Å². The molecule has 0 radical (unpaired) electrons. The van der Waals surface area contributed by atoms with Crippen LogP contribution in [0.2, 0.25) is 0 Å². The van der Waals surface area contributed by atoms with Crippen molar-refractivity contribution in [3.05, 3.63) is 89.0 Å². The SMILES string of the molecule is CC/C=C\C1C(C)=C(c2ccc3c(c2)C(C)(C)c2ccccc2-3)C=C[C@@H]1I. The maximum Gasteiger partial charge on any atom is 0.0393 e. The fraction of sp³-hybridized carbons (Fsp3) is 0.308. The van der Waals surface area contributed by atoms with Crippen LogP contribution in [-0.2, 0) is 5.41 Å². The van der Waals surface area contributed by atoms with Crippen molar-refractivity contribution in [2.24, 2.45) is 5.92 Å². The number of rotatable bonds is 3. The van der Waals surface area contributed by atoms with Gasteiger partial charge in [-0.3, -0.25) is 0 Å². The second-order valence-electron chi connectivity index (χ2n) is 8.19. The van der Waals surface area contributed by atoms with Crippen molar-refractivity contribution in [1.29, 1.82) is 0 Å². The van der Waals surface area contributed by atoms with Gasteiger partial charge in [0.1, 0.15) is 0 Å². The van der Waals surface area contributed by atoms with E-state index < -0.39 is 0 Å².